The highest BCUT2D eigenvalue weighted by Gasteiger charge is 2.09. The maximum absolute atomic E-state index is 11.8. The third kappa shape index (κ3) is 2.00. The van der Waals surface area contributed by atoms with Gasteiger partial charge in [-0.1, -0.05) is 0 Å². The molecule has 2 aromatic heterocycles. The Labute approximate surface area is 110 Å². The Morgan fingerprint density at radius 2 is 1.95 bits per heavy atom. The molecule has 0 aliphatic heterocycles. The van der Waals surface area contributed by atoms with Gasteiger partial charge in [0.2, 0.25) is 0 Å². The minimum absolute atomic E-state index is 0.00305. The first-order chi connectivity index (χ1) is 9.15. The van der Waals surface area contributed by atoms with Gasteiger partial charge in [0.1, 0.15) is 10.7 Å². The lowest BCUT2D eigenvalue weighted by atomic mass is 10.2. The van der Waals surface area contributed by atoms with E-state index in [1.54, 1.807) is 23.6 Å². The Morgan fingerprint density at radius 3 is 2.63 bits per heavy atom. The molecule has 0 saturated heterocycles. The van der Waals surface area contributed by atoms with Crippen LogP contribution in [0, 0.1) is 10.1 Å². The van der Waals surface area contributed by atoms with Gasteiger partial charge in [-0.3, -0.25) is 14.9 Å². The predicted octanol–water partition coefficient (Wildman–Crippen LogP) is 2.56. The van der Waals surface area contributed by atoms with Crippen molar-refractivity contribution < 1.29 is 4.92 Å². The fourth-order valence-corrected chi connectivity index (χ4v) is 2.51. The van der Waals surface area contributed by atoms with Gasteiger partial charge in [-0.05, 0) is 23.6 Å². The summed E-state index contributed by atoms with van der Waals surface area (Å²) in [5, 5.41) is 12.9. The third-order valence-electron chi connectivity index (χ3n) is 2.69. The molecular formula is C12H7N3O3S. The van der Waals surface area contributed by atoms with Crippen LogP contribution in [0.25, 0.3) is 21.6 Å². The van der Waals surface area contributed by atoms with Crippen molar-refractivity contribution in [2.24, 2.45) is 0 Å². The molecule has 19 heavy (non-hydrogen) atoms. The number of nitro benzene ring substituents is 1. The maximum Gasteiger partial charge on any atom is 0.269 e. The van der Waals surface area contributed by atoms with Gasteiger partial charge in [0.25, 0.3) is 11.2 Å². The van der Waals surface area contributed by atoms with Gasteiger partial charge in [0.15, 0.2) is 0 Å². The summed E-state index contributed by atoms with van der Waals surface area (Å²) in [6.07, 6.45) is 0. The fourth-order valence-electron chi connectivity index (χ4n) is 1.74. The number of fused-ring (bicyclic) bond motifs is 1. The van der Waals surface area contributed by atoms with Crippen LogP contribution < -0.4 is 5.56 Å². The largest absolute Gasteiger partial charge is 0.306 e. The van der Waals surface area contributed by atoms with Crippen LogP contribution in [0.4, 0.5) is 5.69 Å². The number of aromatic amines is 1. The number of hydrogen-bond donors (Lipinski definition) is 1. The summed E-state index contributed by atoms with van der Waals surface area (Å²) in [5.74, 6) is 0.412. The quantitative estimate of drug-likeness (QED) is 0.574. The van der Waals surface area contributed by atoms with Crippen molar-refractivity contribution in [2.75, 3.05) is 0 Å². The van der Waals surface area contributed by atoms with E-state index in [4.69, 9.17) is 0 Å². The topological polar surface area (TPSA) is 88.9 Å². The molecule has 0 atom stereocenters. The van der Waals surface area contributed by atoms with Gasteiger partial charge in [0.05, 0.1) is 10.3 Å². The Morgan fingerprint density at radius 1 is 1.21 bits per heavy atom. The average molecular weight is 273 g/mol. The zero-order valence-electron chi connectivity index (χ0n) is 9.49. The van der Waals surface area contributed by atoms with E-state index in [1.807, 2.05) is 0 Å². The SMILES string of the molecule is O=c1[nH]c(-c2ccc([N+](=O)[O-])cc2)nc2sccc12. The fraction of sp³-hybridized carbons (Fsp3) is 0. The molecule has 1 N–H and O–H groups in total. The Balaban J connectivity index is 2.13. The molecule has 0 aliphatic rings. The normalized spacial score (nSPS) is 10.7. The molecule has 0 spiro atoms. The van der Waals surface area contributed by atoms with Crippen molar-refractivity contribution >= 4 is 27.2 Å². The number of aromatic nitrogens is 2. The standard InChI is InChI=1S/C12H7N3O3S/c16-11-9-5-6-19-12(9)14-10(13-11)7-1-3-8(4-2-7)15(17)18/h1-6H,(H,13,14,16). The van der Waals surface area contributed by atoms with E-state index in [0.29, 0.717) is 21.6 Å². The highest BCUT2D eigenvalue weighted by atomic mass is 32.1. The van der Waals surface area contributed by atoms with Crippen LogP contribution in [0.2, 0.25) is 0 Å². The first-order valence-electron chi connectivity index (χ1n) is 5.37. The van der Waals surface area contributed by atoms with E-state index < -0.39 is 4.92 Å². The first-order valence-corrected chi connectivity index (χ1v) is 6.25. The Kier molecular flexibility index (Phi) is 2.60. The van der Waals surface area contributed by atoms with E-state index >= 15 is 0 Å². The minimum atomic E-state index is -0.470. The molecule has 6 nitrogen and oxygen atoms in total. The molecule has 0 fully saturated rings. The van der Waals surface area contributed by atoms with E-state index in [-0.39, 0.29) is 11.2 Å². The number of H-pyrrole nitrogens is 1. The van der Waals surface area contributed by atoms with Crippen molar-refractivity contribution in [3.05, 3.63) is 56.2 Å². The van der Waals surface area contributed by atoms with Gasteiger partial charge in [-0.2, -0.15) is 0 Å². The molecule has 0 amide bonds. The van der Waals surface area contributed by atoms with Crippen molar-refractivity contribution in [1.29, 1.82) is 0 Å². The molecule has 7 heteroatoms. The molecule has 3 aromatic rings. The number of hydrogen-bond acceptors (Lipinski definition) is 5. The van der Waals surface area contributed by atoms with Crippen molar-refractivity contribution in [1.82, 2.24) is 9.97 Å². The lowest BCUT2D eigenvalue weighted by Crippen LogP contribution is -2.07. The van der Waals surface area contributed by atoms with Crippen LogP contribution in [0.1, 0.15) is 0 Å². The van der Waals surface area contributed by atoms with Crippen LogP contribution in [-0.2, 0) is 0 Å². The Bertz CT molecular complexity index is 820. The van der Waals surface area contributed by atoms with E-state index in [1.165, 1.54) is 23.5 Å². The zero-order valence-corrected chi connectivity index (χ0v) is 10.3. The molecule has 0 aliphatic carbocycles. The van der Waals surface area contributed by atoms with Crippen molar-refractivity contribution in [2.45, 2.75) is 0 Å². The number of non-ortho nitro benzene ring substituents is 1. The third-order valence-corrected chi connectivity index (χ3v) is 3.49. The summed E-state index contributed by atoms with van der Waals surface area (Å²) in [7, 11) is 0. The number of rotatable bonds is 2. The highest BCUT2D eigenvalue weighted by Crippen LogP contribution is 2.21. The number of benzene rings is 1. The van der Waals surface area contributed by atoms with Gasteiger partial charge in [0, 0.05) is 17.7 Å². The molecule has 0 radical (unpaired) electrons. The van der Waals surface area contributed by atoms with Crippen LogP contribution in [0.15, 0.2) is 40.5 Å². The molecule has 3 rings (SSSR count). The molecule has 0 bridgehead atoms. The van der Waals surface area contributed by atoms with Crippen LogP contribution in [-0.4, -0.2) is 14.9 Å². The van der Waals surface area contributed by atoms with Gasteiger partial charge in [-0.25, -0.2) is 4.98 Å². The van der Waals surface area contributed by atoms with Gasteiger partial charge in [-0.15, -0.1) is 11.3 Å². The number of nitrogens with zero attached hydrogens (tertiary/aromatic N) is 2. The number of nitrogens with one attached hydrogen (secondary N) is 1. The second-order valence-corrected chi connectivity index (χ2v) is 4.75. The number of thiophene rings is 1. The van der Waals surface area contributed by atoms with Crippen molar-refractivity contribution in [3.63, 3.8) is 0 Å². The van der Waals surface area contributed by atoms with Crippen molar-refractivity contribution in [3.8, 4) is 11.4 Å². The molecule has 0 unspecified atom stereocenters. The molecule has 94 valence electrons. The van der Waals surface area contributed by atoms with E-state index in [9.17, 15) is 14.9 Å². The molecule has 0 saturated carbocycles. The van der Waals surface area contributed by atoms with Gasteiger partial charge >= 0.3 is 0 Å². The van der Waals surface area contributed by atoms with Gasteiger partial charge < -0.3 is 4.98 Å². The van der Waals surface area contributed by atoms with Crippen LogP contribution in [0.3, 0.4) is 0 Å². The molecule has 2 heterocycles. The molecule has 1 aromatic carbocycles. The predicted molar refractivity (Wildman–Crippen MR) is 72.3 cm³/mol. The van der Waals surface area contributed by atoms with Crippen LogP contribution in [0.5, 0.6) is 0 Å². The average Bonchev–Trinajstić information content (AvgIpc) is 2.87. The maximum atomic E-state index is 11.8. The lowest BCUT2D eigenvalue weighted by Gasteiger charge is -2.00. The van der Waals surface area contributed by atoms with Crippen LogP contribution >= 0.6 is 11.3 Å². The summed E-state index contributed by atoms with van der Waals surface area (Å²) < 4.78 is 0. The monoisotopic (exact) mass is 273 g/mol. The second kappa shape index (κ2) is 4.29. The summed E-state index contributed by atoms with van der Waals surface area (Å²) in [6, 6.07) is 7.61. The summed E-state index contributed by atoms with van der Waals surface area (Å²) in [5.41, 5.74) is 0.431. The molecular weight excluding hydrogens is 266 g/mol. The summed E-state index contributed by atoms with van der Waals surface area (Å²) >= 11 is 1.38. The minimum Gasteiger partial charge on any atom is -0.306 e. The lowest BCUT2D eigenvalue weighted by molar-refractivity contribution is -0.384. The second-order valence-electron chi connectivity index (χ2n) is 3.86. The first kappa shape index (κ1) is 11.5. The number of nitro groups is 1. The smallest absolute Gasteiger partial charge is 0.269 e. The van der Waals surface area contributed by atoms with E-state index in [0.717, 1.165) is 0 Å². The summed E-state index contributed by atoms with van der Waals surface area (Å²) in [6.45, 7) is 0. The summed E-state index contributed by atoms with van der Waals surface area (Å²) in [4.78, 5) is 29.6. The Hall–Kier alpha value is -2.54. The highest BCUT2D eigenvalue weighted by molar-refractivity contribution is 7.16. The van der Waals surface area contributed by atoms with E-state index in [2.05, 4.69) is 9.97 Å². The zero-order chi connectivity index (χ0) is 13.4.